The third-order valence-corrected chi connectivity index (χ3v) is 5.11. The van der Waals surface area contributed by atoms with E-state index in [1.165, 1.54) is 6.08 Å². The number of hydrogen-bond donors (Lipinski definition) is 1. The Morgan fingerprint density at radius 3 is 2.77 bits per heavy atom. The molecule has 4 rings (SSSR count). The first-order valence-corrected chi connectivity index (χ1v) is 9.93. The van der Waals surface area contributed by atoms with E-state index in [-0.39, 0.29) is 11.8 Å². The SMILES string of the molecule is COc1cc(/C=C/C(=O)Nc2ccc(N3CCCC3=O)c(C)c2)cc2c1OCCO2. The summed E-state index contributed by atoms with van der Waals surface area (Å²) in [6, 6.07) is 9.17. The monoisotopic (exact) mass is 408 g/mol. The largest absolute Gasteiger partial charge is 0.493 e. The fourth-order valence-electron chi connectivity index (χ4n) is 3.68. The van der Waals surface area contributed by atoms with E-state index in [1.807, 2.05) is 31.2 Å². The third-order valence-electron chi connectivity index (χ3n) is 5.11. The van der Waals surface area contributed by atoms with Crippen LogP contribution in [-0.4, -0.2) is 38.7 Å². The number of benzene rings is 2. The summed E-state index contributed by atoms with van der Waals surface area (Å²) in [6.07, 6.45) is 4.62. The number of fused-ring (bicyclic) bond motifs is 1. The highest BCUT2D eigenvalue weighted by Crippen LogP contribution is 2.40. The summed E-state index contributed by atoms with van der Waals surface area (Å²) in [6.45, 7) is 3.63. The molecule has 2 aliphatic heterocycles. The van der Waals surface area contributed by atoms with Crippen molar-refractivity contribution < 1.29 is 23.8 Å². The minimum atomic E-state index is -0.256. The van der Waals surface area contributed by atoms with Gasteiger partial charge in [-0.25, -0.2) is 0 Å². The zero-order valence-electron chi connectivity index (χ0n) is 17.1. The number of carbonyl (C=O) groups excluding carboxylic acids is 2. The Labute approximate surface area is 175 Å². The van der Waals surface area contributed by atoms with Crippen molar-refractivity contribution in [3.8, 4) is 17.2 Å². The van der Waals surface area contributed by atoms with E-state index in [9.17, 15) is 9.59 Å². The Hall–Kier alpha value is -3.48. The van der Waals surface area contributed by atoms with Gasteiger partial charge in [0.1, 0.15) is 13.2 Å². The van der Waals surface area contributed by atoms with Crippen LogP contribution in [0.1, 0.15) is 24.0 Å². The van der Waals surface area contributed by atoms with Crippen LogP contribution in [0.5, 0.6) is 17.2 Å². The van der Waals surface area contributed by atoms with Crippen LogP contribution in [0.15, 0.2) is 36.4 Å². The van der Waals surface area contributed by atoms with Crippen LogP contribution in [0, 0.1) is 6.92 Å². The Morgan fingerprint density at radius 1 is 1.20 bits per heavy atom. The molecule has 0 aromatic heterocycles. The molecule has 2 aromatic carbocycles. The number of hydrogen-bond acceptors (Lipinski definition) is 5. The van der Waals surface area contributed by atoms with Gasteiger partial charge < -0.3 is 24.4 Å². The van der Waals surface area contributed by atoms with Gasteiger partial charge in [0.2, 0.25) is 17.6 Å². The Bertz CT molecular complexity index is 998. The molecule has 7 nitrogen and oxygen atoms in total. The number of ether oxygens (including phenoxy) is 3. The number of nitrogens with one attached hydrogen (secondary N) is 1. The average molecular weight is 408 g/mol. The van der Waals surface area contributed by atoms with Crippen LogP contribution in [0.4, 0.5) is 11.4 Å². The highest BCUT2D eigenvalue weighted by Gasteiger charge is 2.23. The van der Waals surface area contributed by atoms with Crippen molar-refractivity contribution in [1.82, 2.24) is 0 Å². The van der Waals surface area contributed by atoms with Crippen molar-refractivity contribution in [2.75, 3.05) is 37.1 Å². The average Bonchev–Trinajstić information content (AvgIpc) is 3.17. The topological polar surface area (TPSA) is 77.1 Å². The fourth-order valence-corrected chi connectivity index (χ4v) is 3.68. The molecule has 156 valence electrons. The zero-order valence-corrected chi connectivity index (χ0v) is 17.1. The summed E-state index contributed by atoms with van der Waals surface area (Å²) in [5.74, 6) is 1.64. The third kappa shape index (κ3) is 4.10. The zero-order chi connectivity index (χ0) is 21.1. The molecule has 1 saturated heterocycles. The Kier molecular flexibility index (Phi) is 5.61. The molecule has 0 spiro atoms. The number of amides is 2. The molecule has 2 heterocycles. The minimum Gasteiger partial charge on any atom is -0.493 e. The minimum absolute atomic E-state index is 0.146. The van der Waals surface area contributed by atoms with Gasteiger partial charge in [0.15, 0.2) is 11.5 Å². The second-order valence-electron chi connectivity index (χ2n) is 7.22. The van der Waals surface area contributed by atoms with Crippen molar-refractivity contribution in [2.45, 2.75) is 19.8 Å². The van der Waals surface area contributed by atoms with E-state index < -0.39 is 0 Å². The Morgan fingerprint density at radius 2 is 2.03 bits per heavy atom. The predicted octanol–water partition coefficient (Wildman–Crippen LogP) is 3.55. The second-order valence-corrected chi connectivity index (χ2v) is 7.22. The highest BCUT2D eigenvalue weighted by atomic mass is 16.6. The molecule has 1 fully saturated rings. The lowest BCUT2D eigenvalue weighted by molar-refractivity contribution is -0.117. The molecule has 2 aliphatic rings. The summed E-state index contributed by atoms with van der Waals surface area (Å²) < 4.78 is 16.6. The molecule has 0 aliphatic carbocycles. The maximum atomic E-state index is 12.4. The van der Waals surface area contributed by atoms with Gasteiger partial charge in [-0.2, -0.15) is 0 Å². The van der Waals surface area contributed by atoms with Crippen molar-refractivity contribution in [1.29, 1.82) is 0 Å². The van der Waals surface area contributed by atoms with Gasteiger partial charge in [-0.3, -0.25) is 9.59 Å². The molecule has 0 radical (unpaired) electrons. The summed E-state index contributed by atoms with van der Waals surface area (Å²) >= 11 is 0. The van der Waals surface area contributed by atoms with Crippen LogP contribution in [0.25, 0.3) is 6.08 Å². The summed E-state index contributed by atoms with van der Waals surface area (Å²) in [4.78, 5) is 26.2. The molecular formula is C23H24N2O5. The van der Waals surface area contributed by atoms with E-state index in [2.05, 4.69) is 5.32 Å². The molecular weight excluding hydrogens is 384 g/mol. The van der Waals surface area contributed by atoms with Crippen LogP contribution in [0.2, 0.25) is 0 Å². The second kappa shape index (κ2) is 8.49. The molecule has 7 heteroatoms. The lowest BCUT2D eigenvalue weighted by atomic mass is 10.1. The number of aryl methyl sites for hydroxylation is 1. The normalized spacial score (nSPS) is 15.5. The van der Waals surface area contributed by atoms with Gasteiger partial charge in [0.25, 0.3) is 0 Å². The Balaban J connectivity index is 1.45. The first-order chi connectivity index (χ1) is 14.5. The maximum Gasteiger partial charge on any atom is 0.248 e. The van der Waals surface area contributed by atoms with Gasteiger partial charge in [-0.05, 0) is 60.9 Å². The lowest BCUT2D eigenvalue weighted by Gasteiger charge is -2.21. The number of anilines is 2. The number of rotatable bonds is 5. The molecule has 2 amide bonds. The standard InChI is InChI=1S/C23H24N2O5/c1-15-12-17(6-7-18(15)25-9-3-4-22(25)27)24-21(26)8-5-16-13-19(28-2)23-20(14-16)29-10-11-30-23/h5-8,12-14H,3-4,9-11H2,1-2H3,(H,24,26)/b8-5+. The molecule has 0 unspecified atom stereocenters. The lowest BCUT2D eigenvalue weighted by Crippen LogP contribution is -2.24. The van der Waals surface area contributed by atoms with E-state index in [1.54, 1.807) is 24.2 Å². The fraction of sp³-hybridized carbons (Fsp3) is 0.304. The van der Waals surface area contributed by atoms with E-state index in [4.69, 9.17) is 14.2 Å². The van der Waals surface area contributed by atoms with E-state index >= 15 is 0 Å². The molecule has 2 aromatic rings. The molecule has 0 atom stereocenters. The number of methoxy groups -OCH3 is 1. The van der Waals surface area contributed by atoms with Gasteiger partial charge in [-0.15, -0.1) is 0 Å². The smallest absolute Gasteiger partial charge is 0.248 e. The van der Waals surface area contributed by atoms with Crippen LogP contribution >= 0.6 is 0 Å². The van der Waals surface area contributed by atoms with Gasteiger partial charge in [-0.1, -0.05) is 0 Å². The van der Waals surface area contributed by atoms with Crippen molar-refractivity contribution in [3.63, 3.8) is 0 Å². The first-order valence-electron chi connectivity index (χ1n) is 9.93. The van der Waals surface area contributed by atoms with Crippen LogP contribution in [0.3, 0.4) is 0 Å². The van der Waals surface area contributed by atoms with Gasteiger partial charge >= 0.3 is 0 Å². The molecule has 1 N–H and O–H groups in total. The molecule has 0 bridgehead atoms. The maximum absolute atomic E-state index is 12.4. The summed E-state index contributed by atoms with van der Waals surface area (Å²) in [7, 11) is 1.56. The van der Waals surface area contributed by atoms with Crippen molar-refractivity contribution in [3.05, 3.63) is 47.5 Å². The van der Waals surface area contributed by atoms with Crippen molar-refractivity contribution >= 4 is 29.3 Å². The molecule has 30 heavy (non-hydrogen) atoms. The number of nitrogens with zero attached hydrogens (tertiary/aromatic N) is 1. The van der Waals surface area contributed by atoms with E-state index in [0.29, 0.717) is 42.6 Å². The van der Waals surface area contributed by atoms with Crippen molar-refractivity contribution in [2.24, 2.45) is 0 Å². The van der Waals surface area contributed by atoms with Gasteiger partial charge in [0, 0.05) is 30.4 Å². The van der Waals surface area contributed by atoms with Gasteiger partial charge in [0.05, 0.1) is 7.11 Å². The summed E-state index contributed by atoms with van der Waals surface area (Å²) in [5, 5.41) is 2.86. The summed E-state index contributed by atoms with van der Waals surface area (Å²) in [5.41, 5.74) is 3.29. The van der Waals surface area contributed by atoms with Crippen LogP contribution in [-0.2, 0) is 9.59 Å². The highest BCUT2D eigenvalue weighted by molar-refractivity contribution is 6.02. The molecule has 0 saturated carbocycles. The predicted molar refractivity (Wildman–Crippen MR) is 114 cm³/mol. The van der Waals surface area contributed by atoms with E-state index in [0.717, 1.165) is 29.8 Å². The number of carbonyl (C=O) groups is 2. The van der Waals surface area contributed by atoms with Crippen LogP contribution < -0.4 is 24.4 Å². The first kappa shape index (κ1) is 19.8. The quantitative estimate of drug-likeness (QED) is 0.766.